The van der Waals surface area contributed by atoms with Crippen LogP contribution in [0, 0.1) is 0 Å². The Labute approximate surface area is 47.3 Å². The van der Waals surface area contributed by atoms with Gasteiger partial charge in [0.25, 0.3) is 0 Å². The molecule has 0 aliphatic carbocycles. The van der Waals surface area contributed by atoms with Gasteiger partial charge < -0.3 is 0 Å². The molecule has 1 heterocycles. The van der Waals surface area contributed by atoms with E-state index in [-0.39, 0.29) is 5.75 Å². The van der Waals surface area contributed by atoms with E-state index in [2.05, 4.69) is 9.44 Å². The van der Waals surface area contributed by atoms with Gasteiger partial charge in [0.05, 0.1) is 5.75 Å². The van der Waals surface area contributed by atoms with E-state index in [9.17, 15) is 8.42 Å². The molecule has 0 N–H and O–H groups in total. The predicted octanol–water partition coefficient (Wildman–Crippen LogP) is -0.278. The van der Waals surface area contributed by atoms with E-state index in [4.69, 9.17) is 0 Å². The minimum absolute atomic E-state index is 0.0521. The fraction of sp³-hybridized carbons (Fsp3) is 0.667. The van der Waals surface area contributed by atoms with Gasteiger partial charge in [-0.1, -0.05) is 5.16 Å². The summed E-state index contributed by atoms with van der Waals surface area (Å²) in [4.78, 5) is 0. The molecule has 5 heteroatoms. The van der Waals surface area contributed by atoms with Crippen molar-refractivity contribution < 1.29 is 12.7 Å². The maximum absolute atomic E-state index is 10.3. The number of oxime groups is 1. The van der Waals surface area contributed by atoms with E-state index in [1.165, 1.54) is 6.21 Å². The Balaban J connectivity index is 2.79. The molecule has 1 aliphatic heterocycles. The topological polar surface area (TPSA) is 55.7 Å². The second-order valence-corrected chi connectivity index (χ2v) is 3.09. The molecule has 4 nitrogen and oxygen atoms in total. The van der Waals surface area contributed by atoms with Gasteiger partial charge in [0.1, 0.15) is 0 Å². The molecule has 0 aromatic heterocycles. The summed E-state index contributed by atoms with van der Waals surface area (Å²) >= 11 is 0. The van der Waals surface area contributed by atoms with E-state index >= 15 is 0 Å². The minimum Gasteiger partial charge on any atom is -0.269 e. The van der Waals surface area contributed by atoms with Crippen LogP contribution < -0.4 is 0 Å². The van der Waals surface area contributed by atoms with Crippen molar-refractivity contribution in [1.29, 1.82) is 0 Å². The largest absolute Gasteiger partial charge is 0.328 e. The molecule has 0 bridgehead atoms. The number of nitrogens with zero attached hydrogens (tertiary/aromatic N) is 1. The highest BCUT2D eigenvalue weighted by Crippen LogP contribution is 1.99. The van der Waals surface area contributed by atoms with Crippen molar-refractivity contribution in [3.63, 3.8) is 0 Å². The third-order valence-electron chi connectivity index (χ3n) is 0.728. The maximum Gasteiger partial charge on any atom is 0.328 e. The zero-order valence-electron chi connectivity index (χ0n) is 4.07. The summed E-state index contributed by atoms with van der Waals surface area (Å²) in [5.74, 6) is 0.0521. The Morgan fingerprint density at radius 3 is 2.62 bits per heavy atom. The molecule has 8 heavy (non-hydrogen) atoms. The van der Waals surface area contributed by atoms with Crippen molar-refractivity contribution in [2.45, 2.75) is 6.42 Å². The van der Waals surface area contributed by atoms with Gasteiger partial charge in [0, 0.05) is 12.6 Å². The molecule has 0 amide bonds. The van der Waals surface area contributed by atoms with E-state index in [1.807, 2.05) is 0 Å². The molecule has 0 aromatic rings. The van der Waals surface area contributed by atoms with Gasteiger partial charge in [-0.05, 0) is 0 Å². The highest BCUT2D eigenvalue weighted by Gasteiger charge is 2.12. The summed E-state index contributed by atoms with van der Waals surface area (Å²) in [6.45, 7) is 0. The van der Waals surface area contributed by atoms with Gasteiger partial charge in [-0.25, -0.2) is 0 Å². The molecule has 0 radical (unpaired) electrons. The average Bonchev–Trinajstić information content (AvgIpc) is 1.65. The van der Waals surface area contributed by atoms with Crippen molar-refractivity contribution in [1.82, 2.24) is 0 Å². The lowest BCUT2D eigenvalue weighted by Crippen LogP contribution is -2.11. The summed E-state index contributed by atoms with van der Waals surface area (Å²) in [7, 11) is -3.28. The standard InChI is InChI=1S/C3H5NO3S/c5-8(6)3-1-2-4-7-8/h2H,1,3H2. The zero-order valence-corrected chi connectivity index (χ0v) is 4.89. The Kier molecular flexibility index (Phi) is 1.21. The van der Waals surface area contributed by atoms with Gasteiger partial charge in [-0.3, -0.25) is 4.28 Å². The van der Waals surface area contributed by atoms with Gasteiger partial charge in [-0.2, -0.15) is 8.42 Å². The van der Waals surface area contributed by atoms with Crippen molar-refractivity contribution >= 4 is 16.3 Å². The molecule has 0 aromatic carbocycles. The maximum atomic E-state index is 10.3. The monoisotopic (exact) mass is 135 g/mol. The molecule has 0 unspecified atom stereocenters. The van der Waals surface area contributed by atoms with Crippen LogP contribution in [0.4, 0.5) is 0 Å². The summed E-state index contributed by atoms with van der Waals surface area (Å²) < 4.78 is 24.6. The Morgan fingerprint density at radius 2 is 2.38 bits per heavy atom. The molecule has 1 rings (SSSR count). The van der Waals surface area contributed by atoms with Crippen molar-refractivity contribution in [2.24, 2.45) is 5.16 Å². The van der Waals surface area contributed by atoms with E-state index < -0.39 is 10.1 Å². The smallest absolute Gasteiger partial charge is 0.269 e. The second-order valence-electron chi connectivity index (χ2n) is 1.41. The Morgan fingerprint density at radius 1 is 1.62 bits per heavy atom. The Hall–Kier alpha value is -0.580. The first kappa shape index (κ1) is 5.55. The van der Waals surface area contributed by atoms with Crippen LogP contribution in [-0.4, -0.2) is 20.4 Å². The molecule has 1 aliphatic rings. The highest BCUT2D eigenvalue weighted by atomic mass is 32.2. The third kappa shape index (κ3) is 1.19. The molecule has 0 fully saturated rings. The lowest BCUT2D eigenvalue weighted by atomic mass is 10.5. The summed E-state index contributed by atoms with van der Waals surface area (Å²) in [6.07, 6.45) is 1.89. The van der Waals surface area contributed by atoms with E-state index in [0.717, 1.165) is 0 Å². The summed E-state index contributed by atoms with van der Waals surface area (Å²) in [5, 5.41) is 3.12. The van der Waals surface area contributed by atoms with Crippen molar-refractivity contribution in [2.75, 3.05) is 5.75 Å². The first-order chi connectivity index (χ1) is 3.71. The van der Waals surface area contributed by atoms with Crippen LogP contribution >= 0.6 is 0 Å². The SMILES string of the molecule is O=S1(=O)CCC=NO1. The normalized spacial score (nSPS) is 24.5. The van der Waals surface area contributed by atoms with Crippen LogP contribution in [-0.2, 0) is 14.4 Å². The molecule has 46 valence electrons. The van der Waals surface area contributed by atoms with Crippen molar-refractivity contribution in [3.8, 4) is 0 Å². The first-order valence-electron chi connectivity index (χ1n) is 2.14. The fourth-order valence-corrected chi connectivity index (χ4v) is 1.04. The van der Waals surface area contributed by atoms with Gasteiger partial charge in [0.15, 0.2) is 0 Å². The summed E-state index contributed by atoms with van der Waals surface area (Å²) in [5.41, 5.74) is 0. The van der Waals surface area contributed by atoms with Crippen molar-refractivity contribution in [3.05, 3.63) is 0 Å². The van der Waals surface area contributed by atoms with Gasteiger partial charge in [-0.15, -0.1) is 0 Å². The lowest BCUT2D eigenvalue weighted by Gasteiger charge is -2.01. The van der Waals surface area contributed by atoms with Crippen LogP contribution in [0.2, 0.25) is 0 Å². The zero-order chi connectivity index (χ0) is 6.04. The Bertz CT molecular complexity index is 193. The molecular weight excluding hydrogens is 130 g/mol. The number of hydrogen-bond acceptors (Lipinski definition) is 4. The van der Waals surface area contributed by atoms with Crippen LogP contribution in [0.1, 0.15) is 6.42 Å². The van der Waals surface area contributed by atoms with Crippen LogP contribution in [0.15, 0.2) is 5.16 Å². The number of rotatable bonds is 0. The molecule has 0 saturated heterocycles. The minimum atomic E-state index is -3.28. The van der Waals surface area contributed by atoms with Crippen LogP contribution in [0.3, 0.4) is 0 Å². The second kappa shape index (κ2) is 1.74. The van der Waals surface area contributed by atoms with Gasteiger partial charge in [0.2, 0.25) is 0 Å². The third-order valence-corrected chi connectivity index (χ3v) is 1.78. The molecule has 0 atom stereocenters. The quantitative estimate of drug-likeness (QED) is 0.459. The average molecular weight is 135 g/mol. The van der Waals surface area contributed by atoms with Gasteiger partial charge >= 0.3 is 10.1 Å². The molecular formula is C3H5NO3S. The first-order valence-corrected chi connectivity index (χ1v) is 3.72. The predicted molar refractivity (Wildman–Crippen MR) is 28.0 cm³/mol. The highest BCUT2D eigenvalue weighted by molar-refractivity contribution is 7.86. The lowest BCUT2D eigenvalue weighted by molar-refractivity contribution is 0.334. The molecule has 0 spiro atoms. The number of hydrogen-bond donors (Lipinski definition) is 0. The fourth-order valence-electron chi connectivity index (χ4n) is 0.383. The van der Waals surface area contributed by atoms with Crippen LogP contribution in [0.25, 0.3) is 0 Å². The summed E-state index contributed by atoms with van der Waals surface area (Å²) in [6, 6.07) is 0. The van der Waals surface area contributed by atoms with E-state index in [1.54, 1.807) is 0 Å². The molecule has 0 saturated carbocycles. The van der Waals surface area contributed by atoms with Crippen LogP contribution in [0.5, 0.6) is 0 Å². The van der Waals surface area contributed by atoms with E-state index in [0.29, 0.717) is 6.42 Å².